The van der Waals surface area contributed by atoms with E-state index in [1.165, 1.54) is 11.1 Å². The van der Waals surface area contributed by atoms with Crippen LogP contribution in [0.25, 0.3) is 94.7 Å². The van der Waals surface area contributed by atoms with E-state index >= 15 is 0 Å². The molecule has 0 bridgehead atoms. The fraction of sp³-hybridized carbons (Fsp3) is 0.0444. The third-order valence-corrected chi connectivity index (χ3v) is 9.59. The number of fused-ring (bicyclic) bond motifs is 6. The van der Waals surface area contributed by atoms with Gasteiger partial charge in [-0.2, -0.15) is 0 Å². The average molecular weight is 644 g/mol. The Bertz CT molecular complexity index is 2810. The van der Waals surface area contributed by atoms with Crippen molar-refractivity contribution in [2.75, 3.05) is 0 Å². The molecule has 0 atom stereocenters. The van der Waals surface area contributed by atoms with Crippen molar-refractivity contribution in [1.29, 1.82) is 0 Å². The molecular weight excluding hydrogens is 615 g/mol. The molecule has 0 saturated heterocycles. The summed E-state index contributed by atoms with van der Waals surface area (Å²) in [5.41, 5.74) is 10.6. The molecular formula is C45H29N3O2. The second kappa shape index (κ2) is 11.5. The molecule has 0 amide bonds. The van der Waals surface area contributed by atoms with Crippen LogP contribution in [-0.4, -0.2) is 15.0 Å². The number of benzene rings is 6. The number of aromatic nitrogens is 3. The first-order valence-corrected chi connectivity index (χ1v) is 16.9. The average Bonchev–Trinajstić information content (AvgIpc) is 3.76. The van der Waals surface area contributed by atoms with Crippen LogP contribution in [0.4, 0.5) is 0 Å². The summed E-state index contributed by atoms with van der Waals surface area (Å²) in [4.78, 5) is 15.6. The first kappa shape index (κ1) is 28.4. The fourth-order valence-electron chi connectivity index (χ4n) is 7.16. The minimum absolute atomic E-state index is 0.583. The van der Waals surface area contributed by atoms with Gasteiger partial charge in [-0.1, -0.05) is 109 Å². The van der Waals surface area contributed by atoms with E-state index in [9.17, 15) is 0 Å². The molecule has 5 nitrogen and oxygen atoms in total. The van der Waals surface area contributed by atoms with Gasteiger partial charge in [-0.3, -0.25) is 0 Å². The Morgan fingerprint density at radius 3 is 1.86 bits per heavy atom. The van der Waals surface area contributed by atoms with Crippen molar-refractivity contribution in [2.24, 2.45) is 0 Å². The zero-order valence-corrected chi connectivity index (χ0v) is 27.0. The number of nitrogens with zero attached hydrogens (tertiary/aromatic N) is 3. The summed E-state index contributed by atoms with van der Waals surface area (Å²) in [7, 11) is 0. The van der Waals surface area contributed by atoms with Gasteiger partial charge in [-0.15, -0.1) is 0 Å². The quantitative estimate of drug-likeness (QED) is 0.187. The van der Waals surface area contributed by atoms with Crippen LogP contribution < -0.4 is 0 Å². The lowest BCUT2D eigenvalue weighted by molar-refractivity contribution is 0.668. The molecule has 1 aliphatic rings. The molecule has 50 heavy (non-hydrogen) atoms. The Kier molecular flexibility index (Phi) is 6.56. The van der Waals surface area contributed by atoms with Crippen LogP contribution in [0.15, 0.2) is 161 Å². The van der Waals surface area contributed by atoms with E-state index in [-0.39, 0.29) is 0 Å². The highest BCUT2D eigenvalue weighted by atomic mass is 16.3. The molecule has 0 N–H and O–H groups in total. The van der Waals surface area contributed by atoms with E-state index in [4.69, 9.17) is 23.8 Å². The topological polar surface area (TPSA) is 65.0 Å². The van der Waals surface area contributed by atoms with Crippen LogP contribution in [0.5, 0.6) is 0 Å². The third kappa shape index (κ3) is 4.74. The van der Waals surface area contributed by atoms with Gasteiger partial charge in [0.25, 0.3) is 0 Å². The monoisotopic (exact) mass is 643 g/mol. The standard InChI is InChI=1S/C45H29N3O2/c1-3-11-28(12-4-1)29-19-21-30(22-20-29)33-24-26-40-41(35-16-8-10-18-38(35)50-40)42(33)45-47-43(31-13-5-2-6-14-31)46-44(48-45)32-23-25-39-36(27-32)34-15-7-9-17-37(34)49-39/h2-3,5-27H,1,4H2. The molecule has 5 heteroatoms. The van der Waals surface area contributed by atoms with E-state index in [1.807, 2.05) is 78.9 Å². The summed E-state index contributed by atoms with van der Waals surface area (Å²) in [5.74, 6) is 1.77. The molecule has 9 aromatic rings. The molecule has 0 saturated carbocycles. The SMILES string of the molecule is C1=CC(c2ccc(-c3ccc4oc5ccccc5c4c3-c3nc(-c4ccccc4)nc(-c4ccc5oc6ccccc6c5c4)n3)cc2)=CCC1. The lowest BCUT2D eigenvalue weighted by Crippen LogP contribution is -2.01. The van der Waals surface area contributed by atoms with Gasteiger partial charge in [0.2, 0.25) is 0 Å². The van der Waals surface area contributed by atoms with Crippen LogP contribution in [0, 0.1) is 0 Å². The second-order valence-corrected chi connectivity index (χ2v) is 12.7. The molecule has 0 radical (unpaired) electrons. The normalized spacial score (nSPS) is 13.1. The Morgan fingerprint density at radius 2 is 1.06 bits per heavy atom. The lowest BCUT2D eigenvalue weighted by Gasteiger charge is -2.14. The lowest BCUT2D eigenvalue weighted by atomic mass is 9.92. The van der Waals surface area contributed by atoms with Crippen LogP contribution in [0.2, 0.25) is 0 Å². The summed E-state index contributed by atoms with van der Waals surface area (Å²) in [6.45, 7) is 0. The van der Waals surface area contributed by atoms with Gasteiger partial charge >= 0.3 is 0 Å². The predicted octanol–water partition coefficient (Wildman–Crippen LogP) is 12.1. The van der Waals surface area contributed by atoms with Gasteiger partial charge < -0.3 is 8.83 Å². The molecule has 236 valence electrons. The van der Waals surface area contributed by atoms with Gasteiger partial charge in [0.15, 0.2) is 17.5 Å². The molecule has 3 aromatic heterocycles. The van der Waals surface area contributed by atoms with Crippen molar-refractivity contribution in [3.8, 4) is 45.3 Å². The summed E-state index contributed by atoms with van der Waals surface area (Å²) >= 11 is 0. The van der Waals surface area contributed by atoms with E-state index in [1.54, 1.807) is 0 Å². The van der Waals surface area contributed by atoms with Gasteiger partial charge in [0.05, 0.1) is 0 Å². The highest BCUT2D eigenvalue weighted by Gasteiger charge is 2.22. The predicted molar refractivity (Wildman–Crippen MR) is 202 cm³/mol. The number of hydrogen-bond donors (Lipinski definition) is 0. The molecule has 0 unspecified atom stereocenters. The van der Waals surface area contributed by atoms with Gasteiger partial charge in [-0.25, -0.2) is 15.0 Å². The summed E-state index contributed by atoms with van der Waals surface area (Å²) < 4.78 is 12.6. The number of furan rings is 2. The van der Waals surface area contributed by atoms with E-state index < -0.39 is 0 Å². The zero-order valence-electron chi connectivity index (χ0n) is 27.0. The van der Waals surface area contributed by atoms with E-state index in [2.05, 4.69) is 72.8 Å². The van der Waals surface area contributed by atoms with Crippen LogP contribution in [0.3, 0.4) is 0 Å². The largest absolute Gasteiger partial charge is 0.456 e. The highest BCUT2D eigenvalue weighted by molar-refractivity contribution is 6.15. The first-order valence-electron chi connectivity index (χ1n) is 16.9. The smallest absolute Gasteiger partial charge is 0.165 e. The molecule has 0 fully saturated rings. The highest BCUT2D eigenvalue weighted by Crippen LogP contribution is 2.43. The molecule has 1 aliphatic carbocycles. The first-order chi connectivity index (χ1) is 24.8. The van der Waals surface area contributed by atoms with Gasteiger partial charge in [0.1, 0.15) is 22.3 Å². The van der Waals surface area contributed by atoms with Gasteiger partial charge in [-0.05, 0) is 77.6 Å². The van der Waals surface area contributed by atoms with Crippen LogP contribution in [0.1, 0.15) is 18.4 Å². The molecule has 6 aromatic carbocycles. The van der Waals surface area contributed by atoms with Crippen molar-refractivity contribution in [1.82, 2.24) is 15.0 Å². The zero-order chi connectivity index (χ0) is 33.0. The minimum atomic E-state index is 0.583. The van der Waals surface area contributed by atoms with Crippen molar-refractivity contribution in [3.63, 3.8) is 0 Å². The van der Waals surface area contributed by atoms with Crippen molar-refractivity contribution >= 4 is 49.5 Å². The second-order valence-electron chi connectivity index (χ2n) is 12.7. The number of rotatable bonds is 5. The molecule has 3 heterocycles. The van der Waals surface area contributed by atoms with Crippen molar-refractivity contribution in [2.45, 2.75) is 12.8 Å². The van der Waals surface area contributed by atoms with Gasteiger partial charge in [0, 0.05) is 38.2 Å². The Hall–Kier alpha value is -6.59. The van der Waals surface area contributed by atoms with E-state index in [0.717, 1.165) is 84.5 Å². The van der Waals surface area contributed by atoms with Crippen molar-refractivity contribution in [3.05, 3.63) is 157 Å². The molecule has 0 spiro atoms. The number of hydrogen-bond acceptors (Lipinski definition) is 5. The van der Waals surface area contributed by atoms with Crippen molar-refractivity contribution < 1.29 is 8.83 Å². The minimum Gasteiger partial charge on any atom is -0.456 e. The fourth-order valence-corrected chi connectivity index (χ4v) is 7.16. The Labute approximate surface area is 287 Å². The van der Waals surface area contributed by atoms with Crippen LogP contribution >= 0.6 is 0 Å². The maximum atomic E-state index is 6.42. The Balaban J connectivity index is 1.24. The maximum Gasteiger partial charge on any atom is 0.165 e. The summed E-state index contributed by atoms with van der Waals surface area (Å²) in [6, 6.07) is 45.5. The maximum absolute atomic E-state index is 6.42. The number of allylic oxidation sites excluding steroid dienone is 4. The Morgan fingerprint density at radius 1 is 0.440 bits per heavy atom. The van der Waals surface area contributed by atoms with Crippen LogP contribution in [-0.2, 0) is 0 Å². The summed E-state index contributed by atoms with van der Waals surface area (Å²) in [6.07, 6.45) is 8.93. The summed E-state index contributed by atoms with van der Waals surface area (Å²) in [5, 5.41) is 4.07. The molecule has 10 rings (SSSR count). The molecule has 0 aliphatic heterocycles. The van der Waals surface area contributed by atoms with E-state index in [0.29, 0.717) is 17.5 Å². The number of para-hydroxylation sites is 2. The third-order valence-electron chi connectivity index (χ3n) is 9.59.